The summed E-state index contributed by atoms with van der Waals surface area (Å²) in [6.45, 7) is 0. The number of aldehydes is 1. The average Bonchev–Trinajstić information content (AvgIpc) is 2.83. The van der Waals surface area contributed by atoms with Crippen molar-refractivity contribution in [1.82, 2.24) is 9.38 Å². The van der Waals surface area contributed by atoms with Crippen molar-refractivity contribution in [3.8, 4) is 0 Å². The van der Waals surface area contributed by atoms with Crippen molar-refractivity contribution in [3.05, 3.63) is 70.2 Å². The summed E-state index contributed by atoms with van der Waals surface area (Å²) < 4.78 is 3.08. The van der Waals surface area contributed by atoms with Gasteiger partial charge in [0.15, 0.2) is 0 Å². The molecule has 0 N–H and O–H groups in total. The molecule has 0 spiro atoms. The largest absolute Gasteiger partial charge is 0.303 e. The molecular weight excluding hydrogens is 304 g/mol. The number of benzene rings is 1. The van der Waals surface area contributed by atoms with Crippen LogP contribution in [0.2, 0.25) is 0 Å². The van der Waals surface area contributed by atoms with E-state index in [0.717, 1.165) is 28.5 Å². The molecule has 1 aromatic carbocycles. The molecule has 0 radical (unpaired) electrons. The van der Waals surface area contributed by atoms with E-state index in [1.165, 1.54) is 5.56 Å². The molecule has 0 saturated carbocycles. The van der Waals surface area contributed by atoms with E-state index in [2.05, 4.69) is 33.0 Å². The lowest BCUT2D eigenvalue weighted by Gasteiger charge is -2.02. The van der Waals surface area contributed by atoms with Crippen LogP contribution in [0.4, 0.5) is 0 Å². The molecule has 19 heavy (non-hydrogen) atoms. The van der Waals surface area contributed by atoms with Crippen LogP contribution < -0.4 is 0 Å². The molecule has 0 atom stereocenters. The molecule has 0 amide bonds. The second kappa shape index (κ2) is 4.97. The summed E-state index contributed by atoms with van der Waals surface area (Å²) in [6.07, 6.45) is 5.30. The fourth-order valence-corrected chi connectivity index (χ4v) is 2.33. The smallest absolute Gasteiger partial charge is 0.150 e. The minimum atomic E-state index is 0.669. The summed E-state index contributed by atoms with van der Waals surface area (Å²) in [5.41, 5.74) is 2.81. The van der Waals surface area contributed by atoms with Gasteiger partial charge >= 0.3 is 0 Å². The van der Waals surface area contributed by atoms with Gasteiger partial charge in [-0.25, -0.2) is 4.98 Å². The first-order valence-corrected chi connectivity index (χ1v) is 6.71. The number of carbonyl (C=O) groups excluding carboxylic acids is 1. The monoisotopic (exact) mass is 314 g/mol. The van der Waals surface area contributed by atoms with Gasteiger partial charge in [-0.05, 0) is 29.8 Å². The SMILES string of the molecule is O=Cc1ccn2c(Cc3ccc(Br)cc3)ncc2c1. The van der Waals surface area contributed by atoms with Gasteiger partial charge in [-0.2, -0.15) is 0 Å². The van der Waals surface area contributed by atoms with Gasteiger partial charge in [0.25, 0.3) is 0 Å². The fraction of sp³-hybridized carbons (Fsp3) is 0.0667. The van der Waals surface area contributed by atoms with Crippen molar-refractivity contribution in [2.24, 2.45) is 0 Å². The topological polar surface area (TPSA) is 34.4 Å². The number of halogens is 1. The summed E-state index contributed by atoms with van der Waals surface area (Å²) in [5.74, 6) is 0.967. The van der Waals surface area contributed by atoms with Crippen molar-refractivity contribution in [2.45, 2.75) is 6.42 Å². The van der Waals surface area contributed by atoms with Gasteiger partial charge in [-0.3, -0.25) is 4.79 Å². The van der Waals surface area contributed by atoms with E-state index in [1.807, 2.05) is 28.8 Å². The first kappa shape index (κ1) is 12.1. The molecule has 0 unspecified atom stereocenters. The molecule has 0 bridgehead atoms. The lowest BCUT2D eigenvalue weighted by Crippen LogP contribution is -1.96. The van der Waals surface area contributed by atoms with Crippen LogP contribution in [0, 0.1) is 0 Å². The Morgan fingerprint density at radius 2 is 2.00 bits per heavy atom. The first-order chi connectivity index (χ1) is 9.26. The number of hydrogen-bond acceptors (Lipinski definition) is 2. The van der Waals surface area contributed by atoms with E-state index in [-0.39, 0.29) is 0 Å². The highest BCUT2D eigenvalue weighted by atomic mass is 79.9. The van der Waals surface area contributed by atoms with E-state index in [1.54, 1.807) is 12.3 Å². The zero-order chi connectivity index (χ0) is 13.2. The maximum atomic E-state index is 10.7. The summed E-state index contributed by atoms with van der Waals surface area (Å²) in [6, 6.07) is 11.8. The van der Waals surface area contributed by atoms with Gasteiger partial charge in [-0.15, -0.1) is 0 Å². The van der Waals surface area contributed by atoms with Gasteiger partial charge in [-0.1, -0.05) is 28.1 Å². The van der Waals surface area contributed by atoms with E-state index >= 15 is 0 Å². The molecule has 4 heteroatoms. The van der Waals surface area contributed by atoms with E-state index in [0.29, 0.717) is 5.56 Å². The van der Waals surface area contributed by atoms with Crippen LogP contribution in [0.1, 0.15) is 21.7 Å². The Balaban J connectivity index is 1.97. The summed E-state index contributed by atoms with van der Waals surface area (Å²) in [5, 5.41) is 0. The van der Waals surface area contributed by atoms with Crippen LogP contribution in [-0.2, 0) is 6.42 Å². The maximum Gasteiger partial charge on any atom is 0.150 e. The second-order valence-electron chi connectivity index (χ2n) is 4.35. The zero-order valence-corrected chi connectivity index (χ0v) is 11.7. The molecule has 3 aromatic rings. The number of imidazole rings is 1. The van der Waals surface area contributed by atoms with Crippen molar-refractivity contribution in [2.75, 3.05) is 0 Å². The molecule has 0 aliphatic rings. The first-order valence-electron chi connectivity index (χ1n) is 5.92. The predicted octanol–water partition coefficient (Wildman–Crippen LogP) is 3.50. The van der Waals surface area contributed by atoms with Gasteiger partial charge in [0.2, 0.25) is 0 Å². The zero-order valence-electron chi connectivity index (χ0n) is 10.1. The number of nitrogens with zero attached hydrogens (tertiary/aromatic N) is 2. The van der Waals surface area contributed by atoms with Crippen molar-refractivity contribution >= 4 is 27.7 Å². The average molecular weight is 315 g/mol. The van der Waals surface area contributed by atoms with Gasteiger partial charge < -0.3 is 4.40 Å². The lowest BCUT2D eigenvalue weighted by molar-refractivity contribution is 0.112. The normalized spacial score (nSPS) is 10.8. The van der Waals surface area contributed by atoms with Crippen LogP contribution in [0.15, 0.2) is 53.3 Å². The Labute approximate surface area is 119 Å². The number of fused-ring (bicyclic) bond motifs is 1. The molecular formula is C15H11BrN2O. The van der Waals surface area contributed by atoms with Crippen molar-refractivity contribution in [1.29, 1.82) is 0 Å². The Morgan fingerprint density at radius 3 is 2.74 bits per heavy atom. The number of hydrogen-bond donors (Lipinski definition) is 0. The highest BCUT2D eigenvalue weighted by Crippen LogP contribution is 2.15. The number of carbonyl (C=O) groups is 1. The standard InChI is InChI=1S/C15H11BrN2O/c16-13-3-1-11(2-4-13)8-15-17-9-14-7-12(10-19)5-6-18(14)15/h1-7,9-10H,8H2. The minimum absolute atomic E-state index is 0.669. The number of rotatable bonds is 3. The molecule has 0 aliphatic carbocycles. The van der Waals surface area contributed by atoms with Crippen LogP contribution in [0.25, 0.3) is 5.52 Å². The summed E-state index contributed by atoms with van der Waals surface area (Å²) in [4.78, 5) is 15.2. The van der Waals surface area contributed by atoms with Crippen molar-refractivity contribution in [3.63, 3.8) is 0 Å². The minimum Gasteiger partial charge on any atom is -0.303 e. The number of pyridine rings is 1. The second-order valence-corrected chi connectivity index (χ2v) is 5.27. The lowest BCUT2D eigenvalue weighted by atomic mass is 10.1. The third kappa shape index (κ3) is 2.44. The van der Waals surface area contributed by atoms with E-state index in [4.69, 9.17) is 0 Å². The Kier molecular flexibility index (Phi) is 3.17. The third-order valence-corrected chi connectivity index (χ3v) is 3.57. The van der Waals surface area contributed by atoms with E-state index in [9.17, 15) is 4.79 Å². The maximum absolute atomic E-state index is 10.7. The quantitative estimate of drug-likeness (QED) is 0.693. The van der Waals surface area contributed by atoms with Crippen LogP contribution >= 0.6 is 15.9 Å². The Morgan fingerprint density at radius 1 is 1.21 bits per heavy atom. The highest BCUT2D eigenvalue weighted by Gasteiger charge is 2.05. The molecule has 0 fully saturated rings. The predicted molar refractivity (Wildman–Crippen MR) is 77.5 cm³/mol. The molecule has 0 aliphatic heterocycles. The third-order valence-electron chi connectivity index (χ3n) is 3.04. The van der Waals surface area contributed by atoms with Crippen LogP contribution in [-0.4, -0.2) is 15.7 Å². The van der Waals surface area contributed by atoms with Gasteiger partial charge in [0.1, 0.15) is 12.1 Å². The van der Waals surface area contributed by atoms with E-state index < -0.39 is 0 Å². The van der Waals surface area contributed by atoms with Gasteiger partial charge in [0, 0.05) is 22.7 Å². The fourth-order valence-electron chi connectivity index (χ4n) is 2.06. The molecule has 2 aromatic heterocycles. The van der Waals surface area contributed by atoms with Gasteiger partial charge in [0.05, 0.1) is 11.7 Å². The molecule has 0 saturated heterocycles. The Bertz CT molecular complexity index is 731. The summed E-state index contributed by atoms with van der Waals surface area (Å²) >= 11 is 3.43. The molecule has 3 rings (SSSR count). The highest BCUT2D eigenvalue weighted by molar-refractivity contribution is 9.10. The number of aromatic nitrogens is 2. The van der Waals surface area contributed by atoms with Crippen molar-refractivity contribution < 1.29 is 4.79 Å². The van der Waals surface area contributed by atoms with Crippen LogP contribution in [0.5, 0.6) is 0 Å². The molecule has 2 heterocycles. The molecule has 94 valence electrons. The Hall–Kier alpha value is -1.94. The summed E-state index contributed by atoms with van der Waals surface area (Å²) in [7, 11) is 0. The molecule has 3 nitrogen and oxygen atoms in total. The van der Waals surface area contributed by atoms with Crippen LogP contribution in [0.3, 0.4) is 0 Å².